The molecule has 3 N–H and O–H groups in total. The fourth-order valence-corrected chi connectivity index (χ4v) is 5.80. The number of nitrogen functional groups attached to an aromatic ring is 1. The summed E-state index contributed by atoms with van der Waals surface area (Å²) in [6, 6.07) is 10.9. The van der Waals surface area contributed by atoms with Crippen molar-refractivity contribution in [3.05, 3.63) is 98.1 Å². The third-order valence-corrected chi connectivity index (χ3v) is 8.91. The highest BCUT2D eigenvalue weighted by atomic mass is 19.2. The minimum absolute atomic E-state index is 0.205. The van der Waals surface area contributed by atoms with Gasteiger partial charge in [0.1, 0.15) is 5.82 Å². The summed E-state index contributed by atoms with van der Waals surface area (Å²) in [5, 5.41) is 23.9. The van der Waals surface area contributed by atoms with Crippen LogP contribution in [0.2, 0.25) is 0 Å². The number of rotatable bonds is 4. The van der Waals surface area contributed by atoms with Crippen molar-refractivity contribution in [1.82, 2.24) is 20.0 Å². The van der Waals surface area contributed by atoms with Gasteiger partial charge in [-0.25, -0.2) is 17.6 Å². The third kappa shape index (κ3) is 14.8. The number of nitrogens with one attached hydrogen (secondary N) is 1. The largest absolute Gasteiger partial charge is 0.399 e. The Labute approximate surface area is 308 Å². The van der Waals surface area contributed by atoms with Crippen molar-refractivity contribution >= 4 is 28.4 Å². The molecule has 0 saturated carbocycles. The summed E-state index contributed by atoms with van der Waals surface area (Å²) in [5.41, 5.74) is 6.49. The molecule has 3 aliphatic heterocycles. The van der Waals surface area contributed by atoms with Crippen LogP contribution in [0, 0.1) is 43.5 Å². The van der Waals surface area contributed by atoms with E-state index in [9.17, 15) is 37.8 Å². The Morgan fingerprint density at radius 2 is 1.02 bits per heavy atom. The number of halogens is 4. The van der Waals surface area contributed by atoms with E-state index in [0.717, 1.165) is 83.9 Å². The highest BCUT2D eigenvalue weighted by Crippen LogP contribution is 2.25. The van der Waals surface area contributed by atoms with Crippen LogP contribution >= 0.6 is 0 Å². The predicted molar refractivity (Wildman–Crippen MR) is 201 cm³/mol. The number of non-ortho nitro benzene ring substituents is 2. The first-order valence-electron chi connectivity index (χ1n) is 17.6. The van der Waals surface area contributed by atoms with E-state index in [1.54, 1.807) is 12.1 Å². The Kier molecular flexibility index (Phi) is 17.6. The number of nitro groups is 2. The zero-order chi connectivity index (χ0) is 38.9. The van der Waals surface area contributed by atoms with E-state index in [-0.39, 0.29) is 11.5 Å². The molecule has 0 spiro atoms. The summed E-state index contributed by atoms with van der Waals surface area (Å²) in [5.74, 6) is -3.03. The minimum atomic E-state index is -1.21. The van der Waals surface area contributed by atoms with Crippen LogP contribution in [0.4, 0.5) is 46.0 Å². The monoisotopic (exact) mass is 749 g/mol. The van der Waals surface area contributed by atoms with Crippen molar-refractivity contribution in [2.24, 2.45) is 0 Å². The summed E-state index contributed by atoms with van der Waals surface area (Å²) in [7, 11) is 6.31. The standard InChI is InChI=1S/C12H16FN3O2.C12H18FN3.C6H3F2NO2.C6H14N2/c1-14-5-2-6-15(8-7-14)12-4-3-10(16(17)18)9-11(12)13;1-15-5-2-6-16(8-7-15)12-4-3-10(14)9-11(12)13;7-5-2-1-4(9(10)11)3-6(5)8;1-8-5-2-3-7-4-6-8/h3-4,9H,2,5-8H2,1H3;3-4,9H,2,5-8,14H2,1H3;1-3H;7H,2-6H2,1H3. The van der Waals surface area contributed by atoms with E-state index in [1.165, 1.54) is 44.3 Å². The first-order chi connectivity index (χ1) is 25.2. The molecule has 0 aromatic heterocycles. The lowest BCUT2D eigenvalue weighted by Gasteiger charge is -2.23. The molecule has 0 amide bonds. The Morgan fingerprint density at radius 3 is 1.53 bits per heavy atom. The van der Waals surface area contributed by atoms with E-state index in [0.29, 0.717) is 29.2 Å². The fraction of sp³-hybridized carbons (Fsp3) is 0.500. The maximum absolute atomic E-state index is 13.9. The third-order valence-electron chi connectivity index (χ3n) is 8.91. The molecule has 3 saturated heterocycles. The summed E-state index contributed by atoms with van der Waals surface area (Å²) >= 11 is 0. The quantitative estimate of drug-likeness (QED) is 0.157. The highest BCUT2D eigenvalue weighted by Gasteiger charge is 2.19. The van der Waals surface area contributed by atoms with E-state index in [1.807, 2.05) is 11.9 Å². The van der Waals surface area contributed by atoms with Gasteiger partial charge in [0.25, 0.3) is 11.4 Å². The van der Waals surface area contributed by atoms with E-state index in [4.69, 9.17) is 5.73 Å². The average Bonchev–Trinajstić information content (AvgIpc) is 3.59. The van der Waals surface area contributed by atoms with E-state index in [2.05, 4.69) is 39.0 Å². The predicted octanol–water partition coefficient (Wildman–Crippen LogP) is 5.21. The Balaban J connectivity index is 0.000000198. The lowest BCUT2D eigenvalue weighted by Crippen LogP contribution is -2.29. The molecule has 0 radical (unpaired) electrons. The molecule has 0 unspecified atom stereocenters. The van der Waals surface area contributed by atoms with Crippen LogP contribution < -0.4 is 20.9 Å². The number of nitro benzene ring substituents is 2. The zero-order valence-corrected chi connectivity index (χ0v) is 30.7. The highest BCUT2D eigenvalue weighted by molar-refractivity contribution is 5.55. The molecule has 13 nitrogen and oxygen atoms in total. The van der Waals surface area contributed by atoms with Crippen LogP contribution in [0.5, 0.6) is 0 Å². The molecule has 6 rings (SSSR count). The Hall–Kier alpha value is -4.58. The maximum atomic E-state index is 13.9. The molecule has 3 heterocycles. The number of hydrogen-bond acceptors (Lipinski definition) is 11. The number of hydrogen-bond donors (Lipinski definition) is 2. The molecule has 0 aliphatic carbocycles. The van der Waals surface area contributed by atoms with Gasteiger partial charge in [0.05, 0.1) is 33.4 Å². The second kappa shape index (κ2) is 21.8. The van der Waals surface area contributed by atoms with Gasteiger partial charge in [-0.1, -0.05) is 0 Å². The molecule has 0 bridgehead atoms. The molecule has 3 fully saturated rings. The van der Waals surface area contributed by atoms with Crippen molar-refractivity contribution in [3.8, 4) is 0 Å². The van der Waals surface area contributed by atoms with Crippen molar-refractivity contribution in [2.75, 3.05) is 115 Å². The smallest absolute Gasteiger partial charge is 0.272 e. The van der Waals surface area contributed by atoms with Crippen LogP contribution in [-0.4, -0.2) is 124 Å². The number of nitrogens with zero attached hydrogens (tertiary/aromatic N) is 7. The normalized spacial score (nSPS) is 17.3. The minimum Gasteiger partial charge on any atom is -0.399 e. The van der Waals surface area contributed by atoms with Gasteiger partial charge in [0.2, 0.25) is 0 Å². The van der Waals surface area contributed by atoms with Gasteiger partial charge >= 0.3 is 0 Å². The second-order valence-electron chi connectivity index (χ2n) is 13.2. The Morgan fingerprint density at radius 1 is 0.547 bits per heavy atom. The summed E-state index contributed by atoms with van der Waals surface area (Å²) in [4.78, 5) is 30.0. The van der Waals surface area contributed by atoms with Gasteiger partial charge in [-0.2, -0.15) is 0 Å². The van der Waals surface area contributed by atoms with Crippen molar-refractivity contribution in [3.63, 3.8) is 0 Å². The first-order valence-corrected chi connectivity index (χ1v) is 17.6. The first kappa shape index (κ1) is 42.8. The molecule has 17 heteroatoms. The molecule has 0 atom stereocenters. The summed E-state index contributed by atoms with van der Waals surface area (Å²) < 4.78 is 52.0. The lowest BCUT2D eigenvalue weighted by atomic mass is 10.2. The number of likely N-dealkylation sites (N-methyl/N-ethyl adjacent to an activating group) is 3. The van der Waals surface area contributed by atoms with Crippen molar-refractivity contribution in [2.45, 2.75) is 19.3 Å². The molecule has 292 valence electrons. The van der Waals surface area contributed by atoms with Crippen LogP contribution in [0.1, 0.15) is 19.3 Å². The van der Waals surface area contributed by atoms with Gasteiger partial charge in [-0.3, -0.25) is 20.2 Å². The van der Waals surface area contributed by atoms with Crippen LogP contribution in [-0.2, 0) is 0 Å². The molecule has 3 aromatic carbocycles. The van der Waals surface area contributed by atoms with Gasteiger partial charge in [-0.15, -0.1) is 0 Å². The van der Waals surface area contributed by atoms with Crippen molar-refractivity contribution < 1.29 is 27.4 Å². The molecule has 53 heavy (non-hydrogen) atoms. The number of anilines is 3. The molecular formula is C36H51F4N9O4. The number of benzene rings is 3. The van der Waals surface area contributed by atoms with Crippen molar-refractivity contribution in [1.29, 1.82) is 0 Å². The fourth-order valence-electron chi connectivity index (χ4n) is 5.80. The van der Waals surface area contributed by atoms with Gasteiger partial charge in [-0.05, 0) is 96.9 Å². The maximum Gasteiger partial charge on any atom is 0.272 e. The topological polar surface area (TPSA) is 141 Å². The Bertz CT molecular complexity index is 1620. The van der Waals surface area contributed by atoms with Crippen LogP contribution in [0.25, 0.3) is 0 Å². The lowest BCUT2D eigenvalue weighted by molar-refractivity contribution is -0.385. The van der Waals surface area contributed by atoms with E-state index >= 15 is 0 Å². The summed E-state index contributed by atoms with van der Waals surface area (Å²) in [6.07, 6.45) is 3.34. The average molecular weight is 750 g/mol. The SMILES string of the molecule is CN1CCCN(c2ccc(N)cc2F)CC1.CN1CCCN(c2ccc([N+](=O)[O-])cc2F)CC1.CN1CCCNCC1.O=[N+]([O-])c1ccc(F)c(F)c1. The second-order valence-corrected chi connectivity index (χ2v) is 13.2. The summed E-state index contributed by atoms with van der Waals surface area (Å²) in [6.45, 7) is 12.0. The van der Waals surface area contributed by atoms with Crippen LogP contribution in [0.15, 0.2) is 54.6 Å². The van der Waals surface area contributed by atoms with E-state index < -0.39 is 33.0 Å². The molecule has 3 aromatic rings. The van der Waals surface area contributed by atoms with Crippen LogP contribution in [0.3, 0.4) is 0 Å². The van der Waals surface area contributed by atoms with Gasteiger partial charge in [0, 0.05) is 70.2 Å². The zero-order valence-electron chi connectivity index (χ0n) is 30.7. The van der Waals surface area contributed by atoms with Gasteiger partial charge in [0.15, 0.2) is 17.5 Å². The van der Waals surface area contributed by atoms with Gasteiger partial charge < -0.3 is 35.6 Å². The molecular weight excluding hydrogens is 698 g/mol. The molecule has 3 aliphatic rings. The number of nitrogens with two attached hydrogens (primary N) is 1.